The summed E-state index contributed by atoms with van der Waals surface area (Å²) in [6.45, 7) is 7.90. The third-order valence-electron chi connectivity index (χ3n) is 3.16. The number of aliphatic hydroxyl groups is 1. The molecule has 0 radical (unpaired) electrons. The Morgan fingerprint density at radius 3 is 2.56 bits per heavy atom. The largest absolute Gasteiger partial charge is 0.465 e. The van der Waals surface area contributed by atoms with E-state index >= 15 is 0 Å². The lowest BCUT2D eigenvalue weighted by Crippen LogP contribution is -2.48. The second-order valence-electron chi connectivity index (χ2n) is 4.72. The summed E-state index contributed by atoms with van der Waals surface area (Å²) in [6, 6.07) is 0. The average Bonchev–Trinajstić information content (AvgIpc) is 2.34. The Morgan fingerprint density at radius 1 is 1.50 bits per heavy atom. The van der Waals surface area contributed by atoms with Crippen LogP contribution in [-0.2, 0) is 9.53 Å². The van der Waals surface area contributed by atoms with Gasteiger partial charge in [-0.05, 0) is 46.4 Å². The summed E-state index contributed by atoms with van der Waals surface area (Å²) in [6.07, 6.45) is 1.36. The molecular weight excluding hydrogens is 250 g/mol. The van der Waals surface area contributed by atoms with E-state index in [0.29, 0.717) is 6.61 Å². The van der Waals surface area contributed by atoms with Gasteiger partial charge in [-0.1, -0.05) is 6.92 Å². The normalized spacial score (nSPS) is 17.9. The van der Waals surface area contributed by atoms with Gasteiger partial charge in [0.25, 0.3) is 0 Å². The Morgan fingerprint density at radius 2 is 2.11 bits per heavy atom. The van der Waals surface area contributed by atoms with Gasteiger partial charge in [0.2, 0.25) is 0 Å². The summed E-state index contributed by atoms with van der Waals surface area (Å²) in [5.74, 6) is 0.740. The molecule has 108 valence electrons. The van der Waals surface area contributed by atoms with Crippen molar-refractivity contribution in [3.05, 3.63) is 0 Å². The molecule has 18 heavy (non-hydrogen) atoms. The standard InChI is InChI=1S/C13H27NO3S/c1-6-17-12(16)13(4,14-5)8-7-9-18-11(3)10(2)15/h10-11,14-15H,6-9H2,1-5H3. The fourth-order valence-electron chi connectivity index (χ4n) is 1.45. The van der Waals surface area contributed by atoms with Gasteiger partial charge in [-0.25, -0.2) is 0 Å². The van der Waals surface area contributed by atoms with Gasteiger partial charge in [-0.15, -0.1) is 0 Å². The van der Waals surface area contributed by atoms with E-state index < -0.39 is 5.54 Å². The number of rotatable bonds is 9. The van der Waals surface area contributed by atoms with Crippen molar-refractivity contribution in [2.75, 3.05) is 19.4 Å². The number of hydrogen-bond acceptors (Lipinski definition) is 5. The molecule has 5 heteroatoms. The molecule has 0 aromatic rings. The van der Waals surface area contributed by atoms with Crippen LogP contribution >= 0.6 is 11.8 Å². The highest BCUT2D eigenvalue weighted by Gasteiger charge is 2.32. The van der Waals surface area contributed by atoms with Gasteiger partial charge in [0.1, 0.15) is 5.54 Å². The molecule has 0 aliphatic heterocycles. The van der Waals surface area contributed by atoms with Gasteiger partial charge < -0.3 is 15.2 Å². The molecule has 0 aromatic carbocycles. The lowest BCUT2D eigenvalue weighted by molar-refractivity contribution is -0.150. The molecule has 0 heterocycles. The van der Waals surface area contributed by atoms with E-state index in [1.54, 1.807) is 25.7 Å². The van der Waals surface area contributed by atoms with Crippen LogP contribution in [0.15, 0.2) is 0 Å². The molecule has 0 aliphatic carbocycles. The maximum absolute atomic E-state index is 11.8. The van der Waals surface area contributed by atoms with E-state index in [2.05, 4.69) is 5.32 Å². The summed E-state index contributed by atoms with van der Waals surface area (Å²) >= 11 is 1.73. The first-order valence-electron chi connectivity index (χ1n) is 6.53. The third-order valence-corrected chi connectivity index (χ3v) is 4.60. The molecule has 3 unspecified atom stereocenters. The number of esters is 1. The van der Waals surface area contributed by atoms with Crippen LogP contribution in [0.3, 0.4) is 0 Å². The molecular formula is C13H27NO3S. The molecule has 0 aromatic heterocycles. The van der Waals surface area contributed by atoms with Crippen LogP contribution < -0.4 is 5.32 Å². The number of ether oxygens (including phenoxy) is 1. The Kier molecular flexibility index (Phi) is 8.65. The predicted octanol–water partition coefficient (Wildman–Crippen LogP) is 1.81. The Bertz CT molecular complexity index is 248. The van der Waals surface area contributed by atoms with E-state index in [-0.39, 0.29) is 17.3 Å². The smallest absolute Gasteiger partial charge is 0.326 e. The fraction of sp³-hybridized carbons (Fsp3) is 0.923. The minimum absolute atomic E-state index is 0.193. The van der Waals surface area contributed by atoms with Gasteiger partial charge in [0, 0.05) is 5.25 Å². The highest BCUT2D eigenvalue weighted by atomic mass is 32.2. The SMILES string of the molecule is CCOC(=O)C(C)(CCCSC(C)C(C)O)NC. The van der Waals surface area contributed by atoms with E-state index in [4.69, 9.17) is 4.74 Å². The van der Waals surface area contributed by atoms with E-state index in [1.165, 1.54) is 0 Å². The summed E-state index contributed by atoms with van der Waals surface area (Å²) in [5, 5.41) is 12.6. The maximum atomic E-state index is 11.8. The molecule has 0 aliphatic rings. The van der Waals surface area contributed by atoms with Gasteiger partial charge in [0.15, 0.2) is 0 Å². The van der Waals surface area contributed by atoms with Gasteiger partial charge in [-0.2, -0.15) is 11.8 Å². The molecule has 0 bridgehead atoms. The van der Waals surface area contributed by atoms with Crippen LogP contribution in [0.4, 0.5) is 0 Å². The zero-order chi connectivity index (χ0) is 14.2. The lowest BCUT2D eigenvalue weighted by atomic mass is 9.97. The maximum Gasteiger partial charge on any atom is 0.326 e. The topological polar surface area (TPSA) is 58.6 Å². The molecule has 0 amide bonds. The number of carbonyl (C=O) groups excluding carboxylic acids is 1. The van der Waals surface area contributed by atoms with Crippen molar-refractivity contribution in [2.45, 2.75) is 57.4 Å². The average molecular weight is 277 g/mol. The molecule has 0 fully saturated rings. The van der Waals surface area contributed by atoms with Crippen molar-refractivity contribution < 1.29 is 14.6 Å². The van der Waals surface area contributed by atoms with E-state index in [0.717, 1.165) is 18.6 Å². The molecule has 2 N–H and O–H groups in total. The first-order valence-corrected chi connectivity index (χ1v) is 7.58. The van der Waals surface area contributed by atoms with Gasteiger partial charge >= 0.3 is 5.97 Å². The van der Waals surface area contributed by atoms with Gasteiger partial charge in [-0.3, -0.25) is 4.79 Å². The summed E-state index contributed by atoms with van der Waals surface area (Å²) in [7, 11) is 1.78. The molecule has 0 spiro atoms. The van der Waals surface area contributed by atoms with Gasteiger partial charge in [0.05, 0.1) is 12.7 Å². The number of hydrogen-bond donors (Lipinski definition) is 2. The van der Waals surface area contributed by atoms with Crippen LogP contribution in [-0.4, -0.2) is 47.4 Å². The summed E-state index contributed by atoms with van der Waals surface area (Å²) in [5.41, 5.74) is -0.607. The predicted molar refractivity (Wildman–Crippen MR) is 76.9 cm³/mol. The van der Waals surface area contributed by atoms with Crippen molar-refractivity contribution in [3.8, 4) is 0 Å². The van der Waals surface area contributed by atoms with Crippen LogP contribution in [0.2, 0.25) is 0 Å². The highest BCUT2D eigenvalue weighted by Crippen LogP contribution is 2.20. The van der Waals surface area contributed by atoms with E-state index in [1.807, 2.05) is 20.8 Å². The lowest BCUT2D eigenvalue weighted by Gasteiger charge is -2.26. The quantitative estimate of drug-likeness (QED) is 0.497. The second kappa shape index (κ2) is 8.77. The molecule has 0 rings (SSSR count). The molecule has 4 nitrogen and oxygen atoms in total. The zero-order valence-electron chi connectivity index (χ0n) is 12.2. The monoisotopic (exact) mass is 277 g/mol. The number of likely N-dealkylation sites (N-methyl/N-ethyl adjacent to an activating group) is 1. The fourth-order valence-corrected chi connectivity index (χ4v) is 2.42. The minimum atomic E-state index is -0.607. The first-order chi connectivity index (χ1) is 8.37. The van der Waals surface area contributed by atoms with Crippen LogP contribution in [0.1, 0.15) is 40.5 Å². The Hall–Kier alpha value is -0.260. The number of aliphatic hydroxyl groups excluding tert-OH is 1. The van der Waals surface area contributed by atoms with Crippen molar-refractivity contribution >= 4 is 17.7 Å². The Labute approximate surface area is 115 Å². The Balaban J connectivity index is 4.04. The second-order valence-corrected chi connectivity index (χ2v) is 6.21. The number of nitrogens with one attached hydrogen (secondary N) is 1. The van der Waals surface area contributed by atoms with Crippen molar-refractivity contribution in [2.24, 2.45) is 0 Å². The highest BCUT2D eigenvalue weighted by molar-refractivity contribution is 7.99. The minimum Gasteiger partial charge on any atom is -0.465 e. The molecule has 3 atom stereocenters. The summed E-state index contributed by atoms with van der Waals surface area (Å²) < 4.78 is 5.07. The van der Waals surface area contributed by atoms with Crippen LogP contribution in [0.5, 0.6) is 0 Å². The zero-order valence-corrected chi connectivity index (χ0v) is 13.0. The molecule has 0 saturated heterocycles. The van der Waals surface area contributed by atoms with Crippen molar-refractivity contribution in [1.82, 2.24) is 5.32 Å². The number of thioether (sulfide) groups is 1. The summed E-state index contributed by atoms with van der Waals surface area (Å²) in [4.78, 5) is 11.8. The van der Waals surface area contributed by atoms with E-state index in [9.17, 15) is 9.90 Å². The van der Waals surface area contributed by atoms with Crippen LogP contribution in [0, 0.1) is 0 Å². The first kappa shape index (κ1) is 17.7. The van der Waals surface area contributed by atoms with Crippen LogP contribution in [0.25, 0.3) is 0 Å². The number of carbonyl (C=O) groups is 1. The molecule has 0 saturated carbocycles. The van der Waals surface area contributed by atoms with Crippen molar-refractivity contribution in [3.63, 3.8) is 0 Å². The third kappa shape index (κ3) is 6.07. The van der Waals surface area contributed by atoms with Crippen molar-refractivity contribution in [1.29, 1.82) is 0 Å².